The second-order valence-electron chi connectivity index (χ2n) is 6.31. The molecule has 0 aliphatic heterocycles. The number of rotatable bonds is 6. The van der Waals surface area contributed by atoms with Crippen molar-refractivity contribution < 1.29 is 9.47 Å². The third-order valence-electron chi connectivity index (χ3n) is 4.63. The second kappa shape index (κ2) is 7.85. The molecule has 0 fully saturated rings. The van der Waals surface area contributed by atoms with E-state index >= 15 is 0 Å². The minimum atomic E-state index is 0.452. The summed E-state index contributed by atoms with van der Waals surface area (Å²) in [7, 11) is 0.452. The molecule has 0 aliphatic carbocycles. The van der Waals surface area contributed by atoms with Crippen LogP contribution in [0.1, 0.15) is 13.8 Å². The van der Waals surface area contributed by atoms with Gasteiger partial charge in [-0.1, -0.05) is 60.7 Å². The fourth-order valence-corrected chi connectivity index (χ4v) is 4.97. The maximum absolute atomic E-state index is 6.00. The molecule has 2 radical (unpaired) electrons. The van der Waals surface area contributed by atoms with Crippen molar-refractivity contribution in [2.75, 3.05) is 13.2 Å². The van der Waals surface area contributed by atoms with Gasteiger partial charge in [-0.3, -0.25) is 0 Å². The number of fused-ring (bicyclic) bond motifs is 2. The van der Waals surface area contributed by atoms with Gasteiger partial charge in [0.25, 0.3) is 0 Å². The van der Waals surface area contributed by atoms with Gasteiger partial charge in [-0.15, -0.1) is 0 Å². The van der Waals surface area contributed by atoms with Gasteiger partial charge in [0.1, 0.15) is 21.0 Å². The van der Waals surface area contributed by atoms with Crippen LogP contribution in [0.15, 0.2) is 72.8 Å². The highest BCUT2D eigenvalue weighted by molar-refractivity contribution is 6.73. The molecule has 0 saturated carbocycles. The summed E-state index contributed by atoms with van der Waals surface area (Å²) in [6, 6.07) is 25.5. The van der Waals surface area contributed by atoms with Crippen LogP contribution in [0.3, 0.4) is 0 Å². The van der Waals surface area contributed by atoms with Gasteiger partial charge in [-0.2, -0.15) is 0 Å². The Balaban J connectivity index is 1.94. The third kappa shape index (κ3) is 3.43. The zero-order valence-electron chi connectivity index (χ0n) is 15.7. The van der Waals surface area contributed by atoms with Crippen molar-refractivity contribution in [3.8, 4) is 11.5 Å². The number of hydrogen-bond donors (Lipinski definition) is 0. The Kier molecular flexibility index (Phi) is 5.12. The van der Waals surface area contributed by atoms with Crippen molar-refractivity contribution in [3.05, 3.63) is 72.8 Å². The van der Waals surface area contributed by atoms with Crippen LogP contribution in [-0.4, -0.2) is 22.7 Å². The largest absolute Gasteiger partial charge is 0.494 e. The Morgan fingerprint density at radius 3 is 1.48 bits per heavy atom. The molecule has 0 aliphatic rings. The lowest BCUT2D eigenvalue weighted by molar-refractivity contribution is 0.342. The van der Waals surface area contributed by atoms with Crippen molar-refractivity contribution >= 4 is 41.4 Å². The molecule has 0 aromatic heterocycles. The topological polar surface area (TPSA) is 18.5 Å². The first-order valence-electron chi connectivity index (χ1n) is 9.38. The van der Waals surface area contributed by atoms with Gasteiger partial charge in [-0.25, -0.2) is 0 Å². The first kappa shape index (κ1) is 17.6. The smallest absolute Gasteiger partial charge is 0.133 e. The van der Waals surface area contributed by atoms with Crippen molar-refractivity contribution in [2.45, 2.75) is 13.8 Å². The fourth-order valence-electron chi connectivity index (χ4n) is 3.44. The van der Waals surface area contributed by atoms with Gasteiger partial charge < -0.3 is 9.47 Å². The van der Waals surface area contributed by atoms with Crippen LogP contribution in [0.5, 0.6) is 11.5 Å². The summed E-state index contributed by atoms with van der Waals surface area (Å²) in [5, 5.41) is 7.46. The molecule has 3 heteroatoms. The molecule has 4 aromatic rings. The molecule has 0 spiro atoms. The Bertz CT molecular complexity index is 1000. The molecule has 0 atom stereocenters. The lowest BCUT2D eigenvalue weighted by Gasteiger charge is -2.17. The van der Waals surface area contributed by atoms with E-state index < -0.39 is 0 Å². The molecule has 2 nitrogen and oxygen atoms in total. The van der Waals surface area contributed by atoms with Crippen LogP contribution in [0.2, 0.25) is 0 Å². The van der Waals surface area contributed by atoms with Crippen molar-refractivity contribution in [1.82, 2.24) is 0 Å². The van der Waals surface area contributed by atoms with Crippen molar-refractivity contribution in [3.63, 3.8) is 0 Å². The van der Waals surface area contributed by atoms with E-state index in [1.165, 1.54) is 31.9 Å². The molecule has 4 rings (SSSR count). The Hall–Kier alpha value is -2.78. The first-order chi connectivity index (χ1) is 13.3. The molecule has 4 aromatic carbocycles. The Morgan fingerprint density at radius 1 is 0.593 bits per heavy atom. The monoisotopic (exact) mass is 370 g/mol. The highest BCUT2D eigenvalue weighted by Gasteiger charge is 2.16. The molecule has 0 saturated heterocycles. The van der Waals surface area contributed by atoms with E-state index in [9.17, 15) is 0 Å². The SMILES string of the molecule is CCOc1ccc2ccccc2c1[Si]c1c(OCC)ccc2ccccc12. The van der Waals surface area contributed by atoms with Crippen LogP contribution in [0, 0.1) is 0 Å². The number of ether oxygens (including phenoxy) is 2. The minimum Gasteiger partial charge on any atom is -0.494 e. The minimum absolute atomic E-state index is 0.452. The molecule has 0 bridgehead atoms. The summed E-state index contributed by atoms with van der Waals surface area (Å²) in [4.78, 5) is 0. The van der Waals surface area contributed by atoms with Crippen molar-refractivity contribution in [2.24, 2.45) is 0 Å². The molecular weight excluding hydrogens is 348 g/mol. The predicted octanol–water partition coefficient (Wildman–Crippen LogP) is 4.45. The van der Waals surface area contributed by atoms with Crippen LogP contribution < -0.4 is 19.8 Å². The van der Waals surface area contributed by atoms with Gasteiger partial charge in [0.2, 0.25) is 0 Å². The van der Waals surface area contributed by atoms with Gasteiger partial charge in [0.15, 0.2) is 0 Å². The molecule has 0 N–H and O–H groups in total. The zero-order valence-corrected chi connectivity index (χ0v) is 16.7. The summed E-state index contributed by atoms with van der Waals surface area (Å²) < 4.78 is 12.0. The summed E-state index contributed by atoms with van der Waals surface area (Å²) in [6.07, 6.45) is 0. The standard InChI is InChI=1S/C24H22O2Si/c1-3-25-21-15-13-17-9-5-7-11-19(17)23(21)27-24-20-12-8-6-10-18(20)14-16-22(24)26-4-2/h5-16H,3-4H2,1-2H3. The van der Waals surface area contributed by atoms with Gasteiger partial charge >= 0.3 is 0 Å². The predicted molar refractivity (Wildman–Crippen MR) is 115 cm³/mol. The van der Waals surface area contributed by atoms with Crippen LogP contribution in [0.4, 0.5) is 0 Å². The van der Waals surface area contributed by atoms with Gasteiger partial charge in [0.05, 0.1) is 13.2 Å². The first-order valence-corrected chi connectivity index (χ1v) is 10.4. The number of hydrogen-bond acceptors (Lipinski definition) is 2. The highest BCUT2D eigenvalue weighted by atomic mass is 28.2. The molecule has 27 heavy (non-hydrogen) atoms. The molecule has 0 heterocycles. The second-order valence-corrected chi connectivity index (χ2v) is 7.56. The number of benzene rings is 4. The van der Waals surface area contributed by atoms with Crippen LogP contribution in [0.25, 0.3) is 21.5 Å². The van der Waals surface area contributed by atoms with E-state index in [0.717, 1.165) is 11.5 Å². The van der Waals surface area contributed by atoms with Gasteiger partial charge in [0, 0.05) is 0 Å². The maximum atomic E-state index is 6.00. The third-order valence-corrected chi connectivity index (χ3v) is 6.16. The average Bonchev–Trinajstić information content (AvgIpc) is 2.71. The lowest BCUT2D eigenvalue weighted by Crippen LogP contribution is -2.31. The highest BCUT2D eigenvalue weighted by Crippen LogP contribution is 2.22. The zero-order chi connectivity index (χ0) is 18.6. The molecule has 0 amide bonds. The Morgan fingerprint density at radius 2 is 1.04 bits per heavy atom. The van der Waals surface area contributed by atoms with E-state index in [4.69, 9.17) is 9.47 Å². The van der Waals surface area contributed by atoms with E-state index in [1.807, 2.05) is 13.8 Å². The maximum Gasteiger partial charge on any atom is 0.133 e. The summed E-state index contributed by atoms with van der Waals surface area (Å²) in [6.45, 7) is 5.38. The summed E-state index contributed by atoms with van der Waals surface area (Å²) >= 11 is 0. The summed E-state index contributed by atoms with van der Waals surface area (Å²) in [5.41, 5.74) is 0. The quantitative estimate of drug-likeness (QED) is 0.467. The van der Waals surface area contributed by atoms with Crippen LogP contribution in [-0.2, 0) is 0 Å². The normalized spacial score (nSPS) is 11.0. The van der Waals surface area contributed by atoms with E-state index in [2.05, 4.69) is 72.8 Å². The Labute approximate surface area is 162 Å². The van der Waals surface area contributed by atoms with E-state index in [-0.39, 0.29) is 0 Å². The van der Waals surface area contributed by atoms with Gasteiger partial charge in [-0.05, 0) is 57.9 Å². The summed E-state index contributed by atoms with van der Waals surface area (Å²) in [5.74, 6) is 1.93. The van der Waals surface area contributed by atoms with E-state index in [1.54, 1.807) is 0 Å². The fraction of sp³-hybridized carbons (Fsp3) is 0.167. The van der Waals surface area contributed by atoms with Crippen LogP contribution >= 0.6 is 0 Å². The van der Waals surface area contributed by atoms with E-state index in [0.29, 0.717) is 22.7 Å². The molecular formula is C24H22O2Si. The average molecular weight is 371 g/mol. The lowest BCUT2D eigenvalue weighted by atomic mass is 10.1. The molecule has 134 valence electrons. The molecule has 0 unspecified atom stereocenters. The van der Waals surface area contributed by atoms with Crippen molar-refractivity contribution in [1.29, 1.82) is 0 Å².